The number of hydrogen-bond donors (Lipinski definition) is 1. The average molecular weight is 608 g/mol. The number of likely N-dealkylation sites (tertiary alicyclic amines) is 1. The van der Waals surface area contributed by atoms with Crippen LogP contribution in [0, 0.1) is 19.3 Å². The number of halogens is 1. The van der Waals surface area contributed by atoms with Crippen molar-refractivity contribution in [3.8, 4) is 11.5 Å². The van der Waals surface area contributed by atoms with Gasteiger partial charge in [0.25, 0.3) is 11.8 Å². The molecule has 1 N–H and O–H groups in total. The van der Waals surface area contributed by atoms with Crippen LogP contribution in [0.1, 0.15) is 63.0 Å². The molecule has 3 aromatic rings. The third-order valence-electron chi connectivity index (χ3n) is 8.60. The number of aromatic nitrogens is 2. The second kappa shape index (κ2) is 11.9. The van der Waals surface area contributed by atoms with Gasteiger partial charge < -0.3 is 29.1 Å². The number of rotatable bonds is 2. The summed E-state index contributed by atoms with van der Waals surface area (Å²) in [7, 11) is 0. The fourth-order valence-corrected chi connectivity index (χ4v) is 6.49. The molecule has 4 aliphatic heterocycles. The molecular weight excluding hydrogens is 574 g/mol. The van der Waals surface area contributed by atoms with Crippen LogP contribution in [0.15, 0.2) is 41.1 Å². The number of carbonyl (C=O) groups is 3. The predicted molar refractivity (Wildman–Crippen MR) is 156 cm³/mol. The molecule has 7 rings (SSSR count). The number of para-hydroxylation sites is 1. The quantitative estimate of drug-likeness (QED) is 0.466. The van der Waals surface area contributed by atoms with Gasteiger partial charge in [0.2, 0.25) is 5.91 Å². The topological polar surface area (TPSA) is 127 Å². The number of nitrogens with zero attached hydrogens (tertiary/aromatic N) is 4. The van der Waals surface area contributed by atoms with Crippen LogP contribution in [0.2, 0.25) is 5.02 Å². The average Bonchev–Trinajstić information content (AvgIpc) is 3.56. The van der Waals surface area contributed by atoms with Crippen LogP contribution >= 0.6 is 11.6 Å². The SMILES string of the molecule is Cc1noc(C)c1C(=O)N1CCCOc2cccc3c2OC[C@@]2(CNC(=O)CCC1)CN(C(=O)c1ccc(Cl)cn1)C[C@@H]32. The fraction of sp³-hybridized carbons (Fsp3) is 0.452. The minimum Gasteiger partial charge on any atom is -0.490 e. The van der Waals surface area contributed by atoms with E-state index in [4.69, 9.17) is 25.6 Å². The molecule has 1 spiro atoms. The Balaban J connectivity index is 1.26. The zero-order valence-electron chi connectivity index (χ0n) is 24.2. The maximum Gasteiger partial charge on any atom is 0.272 e. The van der Waals surface area contributed by atoms with E-state index < -0.39 is 5.41 Å². The first-order valence-electron chi connectivity index (χ1n) is 14.5. The number of fused-ring (bicyclic) bond motifs is 11. The maximum absolute atomic E-state index is 13.5. The highest BCUT2D eigenvalue weighted by Crippen LogP contribution is 2.52. The Hall–Kier alpha value is -4.12. The molecule has 2 atom stereocenters. The maximum atomic E-state index is 13.5. The molecule has 11 nitrogen and oxygen atoms in total. The number of pyridine rings is 1. The number of nitrogens with one attached hydrogen (secondary N) is 1. The summed E-state index contributed by atoms with van der Waals surface area (Å²) in [6.07, 6.45) is 2.78. The van der Waals surface area contributed by atoms with Crippen LogP contribution in [0.25, 0.3) is 0 Å². The molecule has 226 valence electrons. The van der Waals surface area contributed by atoms with Gasteiger partial charge in [0.05, 0.1) is 23.9 Å². The molecule has 6 heterocycles. The molecule has 0 radical (unpaired) electrons. The van der Waals surface area contributed by atoms with E-state index in [0.717, 1.165) is 5.56 Å². The number of aryl methyl sites for hydroxylation is 2. The van der Waals surface area contributed by atoms with Crippen LogP contribution in [-0.2, 0) is 4.79 Å². The van der Waals surface area contributed by atoms with Crippen LogP contribution in [0.5, 0.6) is 11.5 Å². The summed E-state index contributed by atoms with van der Waals surface area (Å²) < 4.78 is 17.8. The molecule has 4 aliphatic rings. The molecule has 43 heavy (non-hydrogen) atoms. The van der Waals surface area contributed by atoms with Gasteiger partial charge in [0, 0.05) is 62.2 Å². The minimum absolute atomic E-state index is 0.0765. The lowest BCUT2D eigenvalue weighted by Gasteiger charge is -2.40. The Bertz CT molecular complexity index is 1520. The van der Waals surface area contributed by atoms with Crippen LogP contribution in [0.3, 0.4) is 0 Å². The van der Waals surface area contributed by atoms with Gasteiger partial charge in [-0.25, -0.2) is 4.98 Å². The summed E-state index contributed by atoms with van der Waals surface area (Å²) in [5, 5.41) is 7.50. The largest absolute Gasteiger partial charge is 0.490 e. The van der Waals surface area contributed by atoms with Crippen molar-refractivity contribution in [2.24, 2.45) is 5.41 Å². The van der Waals surface area contributed by atoms with Crippen molar-refractivity contribution in [3.63, 3.8) is 0 Å². The third-order valence-corrected chi connectivity index (χ3v) is 8.83. The lowest BCUT2D eigenvalue weighted by molar-refractivity contribution is -0.122. The fourth-order valence-electron chi connectivity index (χ4n) is 6.38. The van der Waals surface area contributed by atoms with Gasteiger partial charge in [-0.3, -0.25) is 14.4 Å². The highest BCUT2D eigenvalue weighted by Gasteiger charge is 2.53. The first kappa shape index (κ1) is 29.0. The predicted octanol–water partition coefficient (Wildman–Crippen LogP) is 3.78. The van der Waals surface area contributed by atoms with Crippen molar-refractivity contribution in [3.05, 3.63) is 69.8 Å². The standard InChI is InChI=1S/C31H34ClN5O6/c1-19-27(20(2)43-35-19)30(40)36-11-4-8-26(38)34-16-31-17-37(29(39)24-10-9-21(32)14-33-24)15-23(31)22-6-3-7-25(28(22)42-18-31)41-13-5-12-36/h3,6-7,9-10,14,23H,4-5,8,11-13,15-18H2,1-2H3,(H,34,38)/t23-,31+/m0/s1. The second-order valence-electron chi connectivity index (χ2n) is 11.5. The van der Waals surface area contributed by atoms with Gasteiger partial charge in [0.15, 0.2) is 11.5 Å². The van der Waals surface area contributed by atoms with Gasteiger partial charge >= 0.3 is 0 Å². The van der Waals surface area contributed by atoms with Gasteiger partial charge in [-0.2, -0.15) is 0 Å². The molecule has 1 fully saturated rings. The van der Waals surface area contributed by atoms with Crippen molar-refractivity contribution < 1.29 is 28.4 Å². The van der Waals surface area contributed by atoms with E-state index in [1.165, 1.54) is 6.20 Å². The normalized spacial score (nSPS) is 22.4. The zero-order valence-corrected chi connectivity index (χ0v) is 25.0. The van der Waals surface area contributed by atoms with E-state index in [2.05, 4.69) is 15.5 Å². The van der Waals surface area contributed by atoms with Crippen molar-refractivity contribution in [2.45, 2.75) is 39.0 Å². The monoisotopic (exact) mass is 607 g/mol. The van der Waals surface area contributed by atoms with E-state index >= 15 is 0 Å². The molecule has 1 saturated heterocycles. The van der Waals surface area contributed by atoms with Crippen molar-refractivity contribution in [1.82, 2.24) is 25.3 Å². The van der Waals surface area contributed by atoms with E-state index in [1.807, 2.05) is 18.2 Å². The number of amides is 3. The molecular formula is C31H34ClN5O6. The summed E-state index contributed by atoms with van der Waals surface area (Å²) in [4.78, 5) is 47.8. The number of ether oxygens (including phenoxy) is 2. The lowest BCUT2D eigenvalue weighted by Crippen LogP contribution is -2.48. The number of benzene rings is 1. The molecule has 12 heteroatoms. The summed E-state index contributed by atoms with van der Waals surface area (Å²) in [5.74, 6) is 1.20. The molecule has 4 bridgehead atoms. The molecule has 0 aliphatic carbocycles. The number of carbonyl (C=O) groups excluding carboxylic acids is 3. The summed E-state index contributed by atoms with van der Waals surface area (Å²) >= 11 is 5.99. The minimum atomic E-state index is -0.536. The first-order valence-corrected chi connectivity index (χ1v) is 14.9. The first-order chi connectivity index (χ1) is 20.8. The Labute approximate surface area is 254 Å². The molecule has 2 aromatic heterocycles. The third kappa shape index (κ3) is 5.65. The van der Waals surface area contributed by atoms with E-state index in [1.54, 1.807) is 35.8 Å². The van der Waals surface area contributed by atoms with Crippen LogP contribution < -0.4 is 14.8 Å². The Morgan fingerprint density at radius 2 is 1.91 bits per heavy atom. The molecule has 0 unspecified atom stereocenters. The summed E-state index contributed by atoms with van der Waals surface area (Å²) in [6.45, 7) is 6.20. The number of hydrogen-bond acceptors (Lipinski definition) is 8. The van der Waals surface area contributed by atoms with Crippen LogP contribution in [-0.4, -0.2) is 83.6 Å². The van der Waals surface area contributed by atoms with Crippen molar-refractivity contribution in [1.29, 1.82) is 0 Å². The molecule has 1 aromatic carbocycles. The Morgan fingerprint density at radius 3 is 2.67 bits per heavy atom. The van der Waals surface area contributed by atoms with E-state index in [-0.39, 0.29) is 30.1 Å². The zero-order chi connectivity index (χ0) is 30.1. The molecule has 0 saturated carbocycles. The molecule has 3 amide bonds. The second-order valence-corrected chi connectivity index (χ2v) is 11.9. The van der Waals surface area contributed by atoms with Gasteiger partial charge in [-0.05, 0) is 44.9 Å². The smallest absolute Gasteiger partial charge is 0.272 e. The van der Waals surface area contributed by atoms with Crippen molar-refractivity contribution >= 4 is 29.3 Å². The lowest BCUT2D eigenvalue weighted by atomic mass is 9.73. The van der Waals surface area contributed by atoms with Gasteiger partial charge in [-0.1, -0.05) is 28.9 Å². The highest BCUT2D eigenvalue weighted by molar-refractivity contribution is 6.30. The van der Waals surface area contributed by atoms with Gasteiger partial charge in [0.1, 0.15) is 17.0 Å². The van der Waals surface area contributed by atoms with Crippen molar-refractivity contribution in [2.75, 3.05) is 45.9 Å². The van der Waals surface area contributed by atoms with E-state index in [0.29, 0.717) is 98.0 Å². The Kier molecular flexibility index (Phi) is 8.00. The van der Waals surface area contributed by atoms with Gasteiger partial charge in [-0.15, -0.1) is 0 Å². The van der Waals surface area contributed by atoms with E-state index in [9.17, 15) is 14.4 Å². The summed E-state index contributed by atoms with van der Waals surface area (Å²) in [5.41, 5.74) is 1.72. The van der Waals surface area contributed by atoms with Crippen LogP contribution in [0.4, 0.5) is 0 Å². The highest BCUT2D eigenvalue weighted by atomic mass is 35.5. The Morgan fingerprint density at radius 1 is 1.07 bits per heavy atom. The summed E-state index contributed by atoms with van der Waals surface area (Å²) in [6, 6.07) is 9.08.